The van der Waals surface area contributed by atoms with Gasteiger partial charge in [0.2, 0.25) is 0 Å². The van der Waals surface area contributed by atoms with Crippen LogP contribution in [0.2, 0.25) is 5.02 Å². The summed E-state index contributed by atoms with van der Waals surface area (Å²) in [6.07, 6.45) is -1.47. The number of rotatable bonds is 7. The van der Waals surface area contributed by atoms with Crippen molar-refractivity contribution in [3.05, 3.63) is 58.9 Å². The number of carbonyl (C=O) groups excluding carboxylic acids is 1. The van der Waals surface area contributed by atoms with E-state index < -0.39 is 41.0 Å². The van der Waals surface area contributed by atoms with Crippen molar-refractivity contribution in [2.24, 2.45) is 5.41 Å². The second-order valence-electron chi connectivity index (χ2n) is 10.1. The highest BCUT2D eigenvalue weighted by atomic mass is 35.5. The van der Waals surface area contributed by atoms with Gasteiger partial charge in [0, 0.05) is 29.7 Å². The number of hydrogen-bond donors (Lipinski definition) is 3. The van der Waals surface area contributed by atoms with Crippen molar-refractivity contribution in [1.82, 2.24) is 10.2 Å². The Kier molecular flexibility index (Phi) is 8.13. The Morgan fingerprint density at radius 2 is 1.83 bits per heavy atom. The fraction of sp³-hybridized carbons (Fsp3) is 0.423. The fourth-order valence-electron chi connectivity index (χ4n) is 4.41. The van der Waals surface area contributed by atoms with E-state index in [2.05, 4.69) is 5.32 Å². The number of benzene rings is 2. The molecule has 0 saturated carbocycles. The molecule has 2 unspecified atom stereocenters. The normalized spacial score (nSPS) is 18.5. The number of likely N-dealkylation sites (tertiary alicyclic amines) is 1. The van der Waals surface area contributed by atoms with Crippen LogP contribution in [0.5, 0.6) is 0 Å². The van der Waals surface area contributed by atoms with Crippen molar-refractivity contribution in [3.63, 3.8) is 0 Å². The maximum absolute atomic E-state index is 14.3. The molecule has 1 aliphatic rings. The van der Waals surface area contributed by atoms with E-state index in [0.29, 0.717) is 16.1 Å². The van der Waals surface area contributed by atoms with Gasteiger partial charge in [-0.3, -0.25) is 4.79 Å². The van der Waals surface area contributed by atoms with Gasteiger partial charge in [0.25, 0.3) is 0 Å². The lowest BCUT2D eigenvalue weighted by Crippen LogP contribution is -2.46. The van der Waals surface area contributed by atoms with Gasteiger partial charge in [0.05, 0.1) is 5.41 Å². The first kappa shape index (κ1) is 27.3. The molecule has 1 fully saturated rings. The maximum atomic E-state index is 14.3. The second-order valence-corrected chi connectivity index (χ2v) is 10.5. The van der Waals surface area contributed by atoms with Gasteiger partial charge in [0.1, 0.15) is 11.4 Å². The molecule has 0 radical (unpaired) electrons. The van der Waals surface area contributed by atoms with Crippen molar-refractivity contribution < 1.29 is 33.7 Å². The van der Waals surface area contributed by atoms with Crippen LogP contribution in [-0.4, -0.2) is 58.0 Å². The SMILES string of the molecule is CC(C)(C)OC(=O)NC(Cc1ccc(-c2cc(Cl)ccc2F)cc1)CC1(C(=O)O)CCN(C(=O)O)C1. The van der Waals surface area contributed by atoms with Crippen molar-refractivity contribution >= 4 is 29.8 Å². The zero-order valence-corrected chi connectivity index (χ0v) is 21.1. The molecule has 0 bridgehead atoms. The minimum Gasteiger partial charge on any atom is -0.481 e. The highest BCUT2D eigenvalue weighted by molar-refractivity contribution is 6.30. The Balaban J connectivity index is 1.84. The van der Waals surface area contributed by atoms with E-state index >= 15 is 0 Å². The predicted octanol–water partition coefficient (Wildman–Crippen LogP) is 5.43. The van der Waals surface area contributed by atoms with E-state index in [4.69, 9.17) is 16.3 Å². The van der Waals surface area contributed by atoms with Crippen LogP contribution < -0.4 is 5.32 Å². The molecule has 2 amide bonds. The average molecular weight is 521 g/mol. The molecule has 0 aliphatic carbocycles. The van der Waals surface area contributed by atoms with Gasteiger partial charge in [-0.2, -0.15) is 0 Å². The number of ether oxygens (including phenoxy) is 1. The number of carboxylic acids is 1. The third-order valence-electron chi connectivity index (χ3n) is 6.11. The van der Waals surface area contributed by atoms with Crippen LogP contribution in [0.3, 0.4) is 0 Å². The maximum Gasteiger partial charge on any atom is 0.407 e. The van der Waals surface area contributed by atoms with Crippen molar-refractivity contribution in [1.29, 1.82) is 0 Å². The van der Waals surface area contributed by atoms with Crippen molar-refractivity contribution in [2.45, 2.75) is 51.7 Å². The van der Waals surface area contributed by atoms with E-state index in [9.17, 15) is 29.0 Å². The minimum atomic E-state index is -1.35. The van der Waals surface area contributed by atoms with E-state index in [1.54, 1.807) is 45.0 Å². The van der Waals surface area contributed by atoms with Gasteiger partial charge < -0.3 is 25.2 Å². The van der Waals surface area contributed by atoms with Gasteiger partial charge >= 0.3 is 18.2 Å². The monoisotopic (exact) mass is 520 g/mol. The van der Waals surface area contributed by atoms with Crippen LogP contribution in [0.15, 0.2) is 42.5 Å². The molecule has 0 aromatic heterocycles. The number of aliphatic carboxylic acids is 1. The highest BCUT2D eigenvalue weighted by Crippen LogP contribution is 2.36. The third-order valence-corrected chi connectivity index (χ3v) is 6.35. The van der Waals surface area contributed by atoms with E-state index in [0.717, 1.165) is 10.5 Å². The number of carboxylic acid groups (broad SMARTS) is 2. The van der Waals surface area contributed by atoms with E-state index in [-0.39, 0.29) is 32.4 Å². The van der Waals surface area contributed by atoms with Gasteiger partial charge in [0.15, 0.2) is 0 Å². The van der Waals surface area contributed by atoms with Gasteiger partial charge in [-0.05, 0) is 69.4 Å². The van der Waals surface area contributed by atoms with Gasteiger partial charge in [-0.25, -0.2) is 14.0 Å². The van der Waals surface area contributed by atoms with Gasteiger partial charge in [-0.15, -0.1) is 0 Å². The highest BCUT2D eigenvalue weighted by Gasteiger charge is 2.48. The summed E-state index contributed by atoms with van der Waals surface area (Å²) in [5, 5.41) is 22.5. The molecule has 2 aromatic carbocycles. The molecule has 8 nitrogen and oxygen atoms in total. The summed E-state index contributed by atoms with van der Waals surface area (Å²) in [6.45, 7) is 5.08. The summed E-state index contributed by atoms with van der Waals surface area (Å²) in [7, 11) is 0. The summed E-state index contributed by atoms with van der Waals surface area (Å²) in [4.78, 5) is 37.3. The first-order valence-electron chi connectivity index (χ1n) is 11.5. The quantitative estimate of drug-likeness (QED) is 0.448. The third kappa shape index (κ3) is 6.87. The van der Waals surface area contributed by atoms with Crippen molar-refractivity contribution in [3.8, 4) is 11.1 Å². The van der Waals surface area contributed by atoms with Crippen LogP contribution in [0, 0.1) is 11.2 Å². The lowest BCUT2D eigenvalue weighted by molar-refractivity contribution is -0.149. The summed E-state index contributed by atoms with van der Waals surface area (Å²) in [5.41, 5.74) is -0.361. The predicted molar refractivity (Wildman–Crippen MR) is 133 cm³/mol. The number of alkyl carbamates (subject to hydrolysis) is 1. The number of hydrogen-bond acceptors (Lipinski definition) is 4. The van der Waals surface area contributed by atoms with Gasteiger partial charge in [-0.1, -0.05) is 35.9 Å². The zero-order valence-electron chi connectivity index (χ0n) is 20.4. The van der Waals surface area contributed by atoms with Crippen molar-refractivity contribution in [2.75, 3.05) is 13.1 Å². The minimum absolute atomic E-state index is 0.00995. The Labute approximate surface area is 214 Å². The lowest BCUT2D eigenvalue weighted by atomic mass is 9.79. The molecule has 3 rings (SSSR count). The molecule has 194 valence electrons. The lowest BCUT2D eigenvalue weighted by Gasteiger charge is -2.30. The Morgan fingerprint density at radius 1 is 1.17 bits per heavy atom. The topological polar surface area (TPSA) is 116 Å². The Bertz CT molecular complexity index is 1130. The molecule has 0 spiro atoms. The number of halogens is 2. The number of nitrogens with zero attached hydrogens (tertiary/aromatic N) is 1. The number of carbonyl (C=O) groups is 3. The fourth-order valence-corrected chi connectivity index (χ4v) is 4.58. The largest absolute Gasteiger partial charge is 0.481 e. The molecule has 2 aromatic rings. The van der Waals surface area contributed by atoms with E-state index in [1.807, 2.05) is 0 Å². The molecular weight excluding hydrogens is 491 g/mol. The summed E-state index contributed by atoms with van der Waals surface area (Å²) in [5.74, 6) is -1.53. The molecule has 2 atom stereocenters. The zero-order chi connectivity index (χ0) is 26.7. The molecule has 1 aliphatic heterocycles. The molecule has 1 saturated heterocycles. The summed E-state index contributed by atoms with van der Waals surface area (Å²) >= 11 is 6.00. The average Bonchev–Trinajstić information content (AvgIpc) is 3.20. The first-order valence-corrected chi connectivity index (χ1v) is 11.9. The number of nitrogens with one attached hydrogen (secondary N) is 1. The van der Waals surface area contributed by atoms with Crippen LogP contribution in [0.25, 0.3) is 11.1 Å². The Hall–Kier alpha value is -3.33. The summed E-state index contributed by atoms with van der Waals surface area (Å²) < 4.78 is 19.6. The standard InChI is InChI=1S/C26H30ClFN2O6/c1-25(2,3)36-23(33)29-19(14-26(22(31)32)10-11-30(15-26)24(34)35)12-16-4-6-17(7-5-16)20-13-18(27)8-9-21(20)28/h4-9,13,19H,10-12,14-15H2,1-3H3,(H,29,33)(H,31,32)(H,34,35). The van der Waals surface area contributed by atoms with Crippen LogP contribution in [0.1, 0.15) is 39.2 Å². The molecule has 10 heteroatoms. The Morgan fingerprint density at radius 3 is 2.39 bits per heavy atom. The number of amides is 2. The van der Waals surface area contributed by atoms with Crippen LogP contribution in [-0.2, 0) is 16.0 Å². The van der Waals surface area contributed by atoms with Crippen LogP contribution >= 0.6 is 11.6 Å². The molecule has 36 heavy (non-hydrogen) atoms. The summed E-state index contributed by atoms with van der Waals surface area (Å²) in [6, 6.07) is 10.6. The molecule has 1 heterocycles. The molecule has 3 N–H and O–H groups in total. The van der Waals surface area contributed by atoms with Crippen LogP contribution in [0.4, 0.5) is 14.0 Å². The smallest absolute Gasteiger partial charge is 0.407 e. The second kappa shape index (κ2) is 10.7. The van der Waals surface area contributed by atoms with E-state index in [1.165, 1.54) is 18.2 Å². The first-order chi connectivity index (χ1) is 16.8. The molecular formula is C26H30ClFN2O6.